The summed E-state index contributed by atoms with van der Waals surface area (Å²) >= 11 is 2.09. The Kier molecular flexibility index (Phi) is 1.65. The molecule has 0 spiro atoms. The van der Waals surface area contributed by atoms with Crippen LogP contribution in [0.5, 0.6) is 0 Å². The van der Waals surface area contributed by atoms with Crippen LogP contribution in [0.4, 0.5) is 0 Å². The van der Waals surface area contributed by atoms with Crippen molar-refractivity contribution in [1.82, 2.24) is 10.2 Å². The SMILES string of the molecule is C[I-]c1cc2cn[nH]c2s1. The molecule has 0 unspecified atom stereocenters. The Morgan fingerprint density at radius 1 is 1.70 bits per heavy atom. The number of rotatable bonds is 1. The molecule has 0 amide bonds. The fraction of sp³-hybridized carbons (Fsp3) is 0.167. The van der Waals surface area contributed by atoms with Crippen molar-refractivity contribution in [1.29, 1.82) is 0 Å². The van der Waals surface area contributed by atoms with Crippen molar-refractivity contribution in [3.8, 4) is 0 Å². The van der Waals surface area contributed by atoms with E-state index in [2.05, 4.69) is 21.2 Å². The minimum absolute atomic E-state index is 0.258. The van der Waals surface area contributed by atoms with Gasteiger partial charge < -0.3 is 0 Å². The van der Waals surface area contributed by atoms with Crippen LogP contribution in [-0.2, 0) is 0 Å². The Hall–Kier alpha value is -0.100. The van der Waals surface area contributed by atoms with E-state index in [0.29, 0.717) is 0 Å². The summed E-state index contributed by atoms with van der Waals surface area (Å²) in [6.07, 6.45) is 1.88. The van der Waals surface area contributed by atoms with Crippen molar-refractivity contribution in [2.45, 2.75) is 0 Å². The number of alkyl halides is 1. The van der Waals surface area contributed by atoms with E-state index in [9.17, 15) is 0 Å². The predicted octanol–water partition coefficient (Wildman–Crippen LogP) is -1.49. The minimum atomic E-state index is 0.258. The number of fused-ring (bicyclic) bond motifs is 1. The number of halogens is 1. The molecule has 0 aromatic carbocycles. The summed E-state index contributed by atoms with van der Waals surface area (Å²) in [6.45, 7) is 0. The van der Waals surface area contributed by atoms with Crippen LogP contribution < -0.4 is 21.2 Å². The van der Waals surface area contributed by atoms with Crippen LogP contribution in [0.3, 0.4) is 0 Å². The third kappa shape index (κ3) is 0.950. The van der Waals surface area contributed by atoms with Gasteiger partial charge in [-0.15, -0.1) is 0 Å². The average Bonchev–Trinajstić information content (AvgIpc) is 2.42. The molecule has 2 aromatic heterocycles. The van der Waals surface area contributed by atoms with E-state index in [1.165, 1.54) is 13.1 Å². The molecular weight excluding hydrogens is 259 g/mol. The number of aromatic amines is 1. The van der Waals surface area contributed by atoms with Gasteiger partial charge in [0.15, 0.2) is 0 Å². The number of hydrogen-bond donors (Lipinski definition) is 1. The molecule has 4 heteroatoms. The third-order valence-corrected chi connectivity index (χ3v) is 5.20. The van der Waals surface area contributed by atoms with Gasteiger partial charge in [0.05, 0.1) is 0 Å². The Morgan fingerprint density at radius 2 is 2.60 bits per heavy atom. The molecule has 2 aromatic rings. The van der Waals surface area contributed by atoms with Crippen LogP contribution in [0.25, 0.3) is 10.2 Å². The molecule has 0 saturated carbocycles. The maximum absolute atomic E-state index is 3.93. The fourth-order valence-corrected chi connectivity index (χ4v) is 3.56. The molecule has 0 radical (unpaired) electrons. The first kappa shape index (κ1) is 6.60. The van der Waals surface area contributed by atoms with Crippen molar-refractivity contribution in [3.63, 3.8) is 0 Å². The first-order valence-electron chi connectivity index (χ1n) is 2.82. The maximum atomic E-state index is 3.93. The molecule has 0 aliphatic heterocycles. The van der Waals surface area contributed by atoms with E-state index < -0.39 is 0 Å². The average molecular weight is 265 g/mol. The first-order valence-corrected chi connectivity index (χ1v) is 6.88. The molecule has 0 aliphatic rings. The van der Waals surface area contributed by atoms with Crippen LogP contribution in [-0.4, -0.2) is 15.1 Å². The van der Waals surface area contributed by atoms with Crippen molar-refractivity contribution >= 4 is 21.6 Å². The Morgan fingerprint density at radius 3 is 3.30 bits per heavy atom. The first-order chi connectivity index (χ1) is 4.90. The van der Waals surface area contributed by atoms with Crippen LogP contribution >= 0.6 is 11.3 Å². The standard InChI is InChI=1S/C6H6IN2S/c1-7-5-2-4-3-8-9-6(4)10-5/h2-3H,1H3,(H,8,9)/q-1. The molecule has 0 fully saturated rings. The van der Waals surface area contributed by atoms with Crippen molar-refractivity contribution in [2.24, 2.45) is 0 Å². The van der Waals surface area contributed by atoms with E-state index in [0.717, 1.165) is 0 Å². The van der Waals surface area contributed by atoms with Gasteiger partial charge in [0.25, 0.3) is 0 Å². The Bertz CT molecular complexity index is 309. The van der Waals surface area contributed by atoms with Gasteiger partial charge in [-0.05, 0) is 0 Å². The van der Waals surface area contributed by atoms with Gasteiger partial charge in [0.1, 0.15) is 0 Å². The molecule has 2 heterocycles. The van der Waals surface area contributed by atoms with Gasteiger partial charge >= 0.3 is 73.0 Å². The number of nitrogens with zero attached hydrogens (tertiary/aromatic N) is 1. The van der Waals surface area contributed by atoms with E-state index in [-0.39, 0.29) is 21.2 Å². The monoisotopic (exact) mass is 265 g/mol. The topological polar surface area (TPSA) is 28.7 Å². The van der Waals surface area contributed by atoms with Crippen LogP contribution in [0, 0.1) is 2.88 Å². The normalized spacial score (nSPS) is 11.3. The van der Waals surface area contributed by atoms with Crippen LogP contribution in [0.1, 0.15) is 0 Å². The zero-order valence-electron chi connectivity index (χ0n) is 5.39. The number of thiophene rings is 1. The van der Waals surface area contributed by atoms with Gasteiger partial charge in [-0.2, -0.15) is 0 Å². The fourth-order valence-electron chi connectivity index (χ4n) is 0.811. The molecule has 0 saturated heterocycles. The van der Waals surface area contributed by atoms with Crippen LogP contribution in [0.15, 0.2) is 12.3 Å². The molecule has 0 aliphatic carbocycles. The Labute approximate surface area is 72.9 Å². The second-order valence-corrected chi connectivity index (χ2v) is 5.92. The quantitative estimate of drug-likeness (QED) is 0.494. The third-order valence-electron chi connectivity index (χ3n) is 1.29. The molecule has 54 valence electrons. The summed E-state index contributed by atoms with van der Waals surface area (Å²) in [5.74, 6) is 0. The van der Waals surface area contributed by atoms with Crippen LogP contribution in [0.2, 0.25) is 0 Å². The summed E-state index contributed by atoms with van der Waals surface area (Å²) in [7, 11) is 0. The van der Waals surface area contributed by atoms with Crippen molar-refractivity contribution in [3.05, 3.63) is 15.1 Å². The van der Waals surface area contributed by atoms with Gasteiger partial charge in [-0.1, -0.05) is 0 Å². The van der Waals surface area contributed by atoms with E-state index in [1.807, 2.05) is 17.5 Å². The summed E-state index contributed by atoms with van der Waals surface area (Å²) < 4.78 is 1.53. The number of aromatic nitrogens is 2. The van der Waals surface area contributed by atoms with Gasteiger partial charge in [0, 0.05) is 0 Å². The molecule has 1 N–H and O–H groups in total. The number of nitrogens with one attached hydrogen (secondary N) is 1. The van der Waals surface area contributed by atoms with E-state index in [1.54, 1.807) is 0 Å². The van der Waals surface area contributed by atoms with Crippen molar-refractivity contribution in [2.75, 3.05) is 4.93 Å². The van der Waals surface area contributed by atoms with Crippen molar-refractivity contribution < 1.29 is 21.2 Å². The zero-order chi connectivity index (χ0) is 6.97. The van der Waals surface area contributed by atoms with Gasteiger partial charge in [-0.25, -0.2) is 0 Å². The molecule has 10 heavy (non-hydrogen) atoms. The molecule has 2 nitrogen and oxygen atoms in total. The number of H-pyrrole nitrogens is 1. The number of hydrogen-bond acceptors (Lipinski definition) is 2. The molecular formula is C6H6IN2S-. The second-order valence-electron chi connectivity index (χ2n) is 1.89. The summed E-state index contributed by atoms with van der Waals surface area (Å²) in [5.41, 5.74) is 0. The molecule has 0 atom stereocenters. The summed E-state index contributed by atoms with van der Waals surface area (Å²) in [5, 5.41) is 8.16. The molecule has 0 bridgehead atoms. The summed E-state index contributed by atoms with van der Waals surface area (Å²) in [6, 6.07) is 2.23. The zero-order valence-corrected chi connectivity index (χ0v) is 8.36. The van der Waals surface area contributed by atoms with E-state index >= 15 is 0 Å². The molecule has 2 rings (SSSR count). The van der Waals surface area contributed by atoms with Gasteiger partial charge in [-0.3, -0.25) is 0 Å². The van der Waals surface area contributed by atoms with Gasteiger partial charge in [0.2, 0.25) is 0 Å². The second kappa shape index (κ2) is 2.50. The summed E-state index contributed by atoms with van der Waals surface area (Å²) in [4.78, 5) is 3.49. The predicted molar refractivity (Wildman–Crippen MR) is 38.6 cm³/mol. The Balaban J connectivity index is 2.67. The van der Waals surface area contributed by atoms with E-state index in [4.69, 9.17) is 0 Å².